The number of ether oxygens (including phenoxy) is 2. The monoisotopic (exact) mass is 378 g/mol. The van der Waals surface area contributed by atoms with Crippen LogP contribution in [0.5, 0.6) is 0 Å². The molecule has 3 saturated heterocycles. The van der Waals surface area contributed by atoms with Gasteiger partial charge in [-0.05, 0) is 39.5 Å². The molecule has 1 amide bonds. The van der Waals surface area contributed by atoms with Crippen molar-refractivity contribution in [3.05, 3.63) is 0 Å². The lowest BCUT2D eigenvalue weighted by atomic mass is 9.73. The molecular weight excluding hydrogens is 340 g/mol. The Hall–Kier alpha value is -0.650. The molecule has 0 aromatic carbocycles. The molecular formula is C22H38N2O3. The number of carbonyl (C=O) groups is 1. The van der Waals surface area contributed by atoms with Gasteiger partial charge in [0, 0.05) is 37.5 Å². The fraction of sp³-hybridized carbons (Fsp3) is 0.955. The van der Waals surface area contributed by atoms with Gasteiger partial charge in [-0.25, -0.2) is 0 Å². The second kappa shape index (κ2) is 8.38. The van der Waals surface area contributed by atoms with E-state index in [0.29, 0.717) is 17.9 Å². The maximum absolute atomic E-state index is 12.1. The van der Waals surface area contributed by atoms with E-state index in [1.165, 1.54) is 57.9 Å². The average Bonchev–Trinajstić information content (AvgIpc) is 3.26. The minimum atomic E-state index is 0.00962. The predicted octanol–water partition coefficient (Wildman–Crippen LogP) is 3.12. The van der Waals surface area contributed by atoms with Crippen LogP contribution in [0.25, 0.3) is 0 Å². The molecule has 1 spiro atoms. The van der Waals surface area contributed by atoms with Crippen LogP contribution in [0, 0.1) is 11.8 Å². The molecule has 0 unspecified atom stereocenters. The fourth-order valence-corrected chi connectivity index (χ4v) is 6.10. The van der Waals surface area contributed by atoms with Gasteiger partial charge in [-0.3, -0.25) is 9.69 Å². The minimum Gasteiger partial charge on any atom is -0.370 e. The Balaban J connectivity index is 1.34. The van der Waals surface area contributed by atoms with E-state index in [1.807, 2.05) is 13.8 Å². The highest BCUT2D eigenvalue weighted by Crippen LogP contribution is 2.55. The van der Waals surface area contributed by atoms with Gasteiger partial charge in [-0.15, -0.1) is 0 Å². The summed E-state index contributed by atoms with van der Waals surface area (Å²) in [6, 6.07) is 0.752. The first-order chi connectivity index (χ1) is 13.1. The Labute approximate surface area is 164 Å². The summed E-state index contributed by atoms with van der Waals surface area (Å²) in [6.45, 7) is 7.13. The number of carbonyl (C=O) groups excluding carboxylic acids is 1. The van der Waals surface area contributed by atoms with Crippen molar-refractivity contribution >= 4 is 5.91 Å². The molecule has 3 heterocycles. The number of amides is 1. The highest BCUT2D eigenvalue weighted by atomic mass is 16.5. The first kappa shape index (κ1) is 19.7. The van der Waals surface area contributed by atoms with E-state index in [9.17, 15) is 4.79 Å². The highest BCUT2D eigenvalue weighted by Gasteiger charge is 2.63. The standard InChI is InChI=1S/C22H38N2O3/c1-16(2)26-14-21(25)23-12-18-19-13-24(15-22(19)11-10-20(18)27-22)17-8-6-4-3-5-7-9-17/h16-20H,3-15H2,1-2H3,(H,23,25)/t18-,19+,20+,22+/m0/s1. The number of likely N-dealkylation sites (tertiary alicyclic amines) is 1. The molecule has 1 N–H and O–H groups in total. The van der Waals surface area contributed by atoms with Crippen LogP contribution in [0.3, 0.4) is 0 Å². The van der Waals surface area contributed by atoms with Gasteiger partial charge in [0.15, 0.2) is 0 Å². The summed E-state index contributed by atoms with van der Waals surface area (Å²) in [6.07, 6.45) is 12.6. The molecule has 4 aliphatic rings. The zero-order chi connectivity index (χ0) is 18.9. The topological polar surface area (TPSA) is 50.8 Å². The van der Waals surface area contributed by atoms with Gasteiger partial charge >= 0.3 is 0 Å². The minimum absolute atomic E-state index is 0.00962. The van der Waals surface area contributed by atoms with Crippen molar-refractivity contribution in [1.29, 1.82) is 0 Å². The van der Waals surface area contributed by atoms with E-state index in [1.54, 1.807) is 0 Å². The summed E-state index contributed by atoms with van der Waals surface area (Å²) < 4.78 is 12.0. The number of hydrogen-bond donors (Lipinski definition) is 1. The van der Waals surface area contributed by atoms with Crippen LogP contribution in [0.4, 0.5) is 0 Å². The first-order valence-corrected chi connectivity index (χ1v) is 11.4. The molecule has 0 aromatic rings. The summed E-state index contributed by atoms with van der Waals surface area (Å²) in [7, 11) is 0. The lowest BCUT2D eigenvalue weighted by molar-refractivity contribution is -0.127. The molecule has 4 fully saturated rings. The number of nitrogens with zero attached hydrogens (tertiary/aromatic N) is 1. The zero-order valence-electron chi connectivity index (χ0n) is 17.3. The highest BCUT2D eigenvalue weighted by molar-refractivity contribution is 5.77. The zero-order valence-corrected chi connectivity index (χ0v) is 17.3. The van der Waals surface area contributed by atoms with Crippen LogP contribution < -0.4 is 5.32 Å². The third-order valence-electron chi connectivity index (χ3n) is 7.48. The molecule has 4 rings (SSSR count). The quantitative estimate of drug-likeness (QED) is 0.772. The predicted molar refractivity (Wildman–Crippen MR) is 106 cm³/mol. The number of fused-ring (bicyclic) bond motifs is 1. The molecule has 0 aromatic heterocycles. The normalized spacial score (nSPS) is 37.4. The van der Waals surface area contributed by atoms with Crippen molar-refractivity contribution in [1.82, 2.24) is 10.2 Å². The van der Waals surface area contributed by atoms with E-state index in [0.717, 1.165) is 25.6 Å². The maximum Gasteiger partial charge on any atom is 0.246 e. The lowest BCUT2D eigenvalue weighted by Gasteiger charge is -2.31. The maximum atomic E-state index is 12.1. The second-order valence-electron chi connectivity index (χ2n) is 9.62. The second-order valence-corrected chi connectivity index (χ2v) is 9.62. The number of nitrogens with one attached hydrogen (secondary N) is 1. The van der Waals surface area contributed by atoms with Gasteiger partial charge in [-0.1, -0.05) is 32.1 Å². The Bertz CT molecular complexity index is 518. The third kappa shape index (κ3) is 4.20. The summed E-state index contributed by atoms with van der Waals surface area (Å²) in [5, 5.41) is 3.12. The van der Waals surface area contributed by atoms with Crippen molar-refractivity contribution in [2.45, 2.75) is 95.5 Å². The van der Waals surface area contributed by atoms with Crippen LogP contribution in [-0.2, 0) is 14.3 Å². The van der Waals surface area contributed by atoms with Crippen LogP contribution in [0.2, 0.25) is 0 Å². The Morgan fingerprint density at radius 2 is 1.93 bits per heavy atom. The molecule has 3 aliphatic heterocycles. The number of rotatable bonds is 6. The molecule has 1 aliphatic carbocycles. The summed E-state index contributed by atoms with van der Waals surface area (Å²) in [5.74, 6) is 1.07. The summed E-state index contributed by atoms with van der Waals surface area (Å²) in [5.41, 5.74) is 0.0802. The van der Waals surface area contributed by atoms with Crippen LogP contribution in [-0.4, -0.2) is 60.9 Å². The van der Waals surface area contributed by atoms with Gasteiger partial charge in [-0.2, -0.15) is 0 Å². The Kier molecular flexibility index (Phi) is 6.10. The molecule has 2 bridgehead atoms. The Morgan fingerprint density at radius 1 is 1.19 bits per heavy atom. The van der Waals surface area contributed by atoms with Crippen LogP contribution >= 0.6 is 0 Å². The van der Waals surface area contributed by atoms with Crippen molar-refractivity contribution in [3.8, 4) is 0 Å². The molecule has 154 valence electrons. The summed E-state index contributed by atoms with van der Waals surface area (Å²) in [4.78, 5) is 14.9. The largest absolute Gasteiger partial charge is 0.370 e. The van der Waals surface area contributed by atoms with Crippen LogP contribution in [0.1, 0.15) is 71.6 Å². The molecule has 5 nitrogen and oxygen atoms in total. The van der Waals surface area contributed by atoms with Crippen molar-refractivity contribution in [3.63, 3.8) is 0 Å². The van der Waals surface area contributed by atoms with E-state index >= 15 is 0 Å². The molecule has 4 atom stereocenters. The van der Waals surface area contributed by atoms with Gasteiger partial charge in [0.1, 0.15) is 6.61 Å². The lowest BCUT2D eigenvalue weighted by Crippen LogP contribution is -2.42. The van der Waals surface area contributed by atoms with Gasteiger partial charge in [0.25, 0.3) is 0 Å². The smallest absolute Gasteiger partial charge is 0.246 e. The van der Waals surface area contributed by atoms with E-state index in [4.69, 9.17) is 9.47 Å². The van der Waals surface area contributed by atoms with Crippen LogP contribution in [0.15, 0.2) is 0 Å². The fourth-order valence-electron chi connectivity index (χ4n) is 6.10. The third-order valence-corrected chi connectivity index (χ3v) is 7.48. The Morgan fingerprint density at radius 3 is 2.67 bits per heavy atom. The van der Waals surface area contributed by atoms with Crippen molar-refractivity contribution in [2.24, 2.45) is 11.8 Å². The SMILES string of the molecule is CC(C)OCC(=O)NC[C@H]1[C@H]2CN(C3CCCCCCC3)C[C@]23CC[C@H]1O3. The van der Waals surface area contributed by atoms with E-state index < -0.39 is 0 Å². The van der Waals surface area contributed by atoms with Gasteiger partial charge in [0.05, 0.1) is 17.8 Å². The molecule has 0 radical (unpaired) electrons. The molecule has 27 heavy (non-hydrogen) atoms. The van der Waals surface area contributed by atoms with E-state index in [-0.39, 0.29) is 24.2 Å². The van der Waals surface area contributed by atoms with Gasteiger partial charge in [0.2, 0.25) is 5.91 Å². The summed E-state index contributed by atoms with van der Waals surface area (Å²) >= 11 is 0. The molecule has 5 heteroatoms. The van der Waals surface area contributed by atoms with Crippen molar-refractivity contribution < 1.29 is 14.3 Å². The van der Waals surface area contributed by atoms with E-state index in [2.05, 4.69) is 10.2 Å². The number of hydrogen-bond acceptors (Lipinski definition) is 4. The first-order valence-electron chi connectivity index (χ1n) is 11.4. The van der Waals surface area contributed by atoms with Gasteiger partial charge < -0.3 is 14.8 Å². The van der Waals surface area contributed by atoms with Crippen molar-refractivity contribution in [2.75, 3.05) is 26.2 Å². The average molecular weight is 379 g/mol. The molecule has 1 saturated carbocycles.